The van der Waals surface area contributed by atoms with Crippen LogP contribution < -0.4 is 15.5 Å². The van der Waals surface area contributed by atoms with E-state index in [1.807, 2.05) is 29.2 Å². The molecule has 118 valence electrons. The van der Waals surface area contributed by atoms with Crippen molar-refractivity contribution in [1.82, 2.24) is 10.5 Å². The third-order valence-corrected chi connectivity index (χ3v) is 4.27. The molecule has 7 nitrogen and oxygen atoms in total. The molecule has 23 heavy (non-hydrogen) atoms. The zero-order valence-electron chi connectivity index (χ0n) is 12.6. The predicted molar refractivity (Wildman–Crippen MR) is 83.3 cm³/mol. The van der Waals surface area contributed by atoms with Crippen LogP contribution in [-0.4, -0.2) is 35.6 Å². The monoisotopic (exact) mass is 312 g/mol. The van der Waals surface area contributed by atoms with Gasteiger partial charge in [0.25, 0.3) is 5.91 Å². The van der Waals surface area contributed by atoms with Gasteiger partial charge in [0.2, 0.25) is 5.91 Å². The first kappa shape index (κ1) is 13.8. The largest absolute Gasteiger partial charge is 0.361 e. The summed E-state index contributed by atoms with van der Waals surface area (Å²) in [5, 5.41) is 9.57. The van der Waals surface area contributed by atoms with E-state index in [4.69, 9.17) is 4.52 Å². The van der Waals surface area contributed by atoms with Crippen LogP contribution in [0.5, 0.6) is 0 Å². The summed E-state index contributed by atoms with van der Waals surface area (Å²) in [5.74, 6) is 0.283. The molecule has 3 heterocycles. The third-order valence-electron chi connectivity index (χ3n) is 4.27. The molecule has 1 fully saturated rings. The molecule has 2 atom stereocenters. The number of carbonyl (C=O) groups excluding carboxylic acids is 2. The Morgan fingerprint density at radius 2 is 2.26 bits per heavy atom. The van der Waals surface area contributed by atoms with Gasteiger partial charge in [-0.15, -0.1) is 0 Å². The van der Waals surface area contributed by atoms with E-state index in [2.05, 4.69) is 15.8 Å². The second-order valence-electron chi connectivity index (χ2n) is 5.90. The fourth-order valence-electron chi connectivity index (χ4n) is 3.23. The van der Waals surface area contributed by atoms with E-state index in [0.717, 1.165) is 11.4 Å². The second-order valence-corrected chi connectivity index (χ2v) is 5.90. The van der Waals surface area contributed by atoms with Gasteiger partial charge in [-0.2, -0.15) is 0 Å². The van der Waals surface area contributed by atoms with Crippen LogP contribution in [0.3, 0.4) is 0 Å². The lowest BCUT2D eigenvalue weighted by Crippen LogP contribution is -2.44. The summed E-state index contributed by atoms with van der Waals surface area (Å²) in [6.45, 7) is 2.33. The maximum absolute atomic E-state index is 12.3. The van der Waals surface area contributed by atoms with Crippen molar-refractivity contribution in [3.63, 3.8) is 0 Å². The zero-order chi connectivity index (χ0) is 16.0. The quantitative estimate of drug-likeness (QED) is 0.873. The van der Waals surface area contributed by atoms with Crippen molar-refractivity contribution in [2.45, 2.75) is 25.4 Å². The Bertz CT molecular complexity index is 785. The molecule has 2 aliphatic rings. The Morgan fingerprint density at radius 3 is 3.04 bits per heavy atom. The number of nitrogens with zero attached hydrogens (tertiary/aromatic N) is 2. The van der Waals surface area contributed by atoms with Crippen molar-refractivity contribution >= 4 is 23.2 Å². The Labute approximate surface area is 132 Å². The van der Waals surface area contributed by atoms with Crippen LogP contribution in [0, 0.1) is 6.92 Å². The number of hydrogen-bond donors (Lipinski definition) is 2. The van der Waals surface area contributed by atoms with Crippen LogP contribution in [0.25, 0.3) is 0 Å². The average Bonchev–Trinajstić information content (AvgIpc) is 3.14. The van der Waals surface area contributed by atoms with E-state index in [1.54, 1.807) is 13.0 Å². The summed E-state index contributed by atoms with van der Waals surface area (Å²) < 4.78 is 4.92. The normalized spacial score (nSPS) is 22.3. The van der Waals surface area contributed by atoms with Crippen LogP contribution in [0.2, 0.25) is 0 Å². The average molecular weight is 312 g/mol. The molecular formula is C16H16N4O3. The van der Waals surface area contributed by atoms with Gasteiger partial charge < -0.3 is 20.1 Å². The molecule has 0 bridgehead atoms. The SMILES string of the molecule is Cc1cc(C(=O)N[C@H]2C[C@H]3C(=O)Nc4ccccc4N3C2)no1. The molecule has 2 aromatic rings. The van der Waals surface area contributed by atoms with E-state index in [-0.39, 0.29) is 29.6 Å². The number of fused-ring (bicyclic) bond motifs is 3. The maximum Gasteiger partial charge on any atom is 0.273 e. The highest BCUT2D eigenvalue weighted by molar-refractivity contribution is 6.04. The van der Waals surface area contributed by atoms with E-state index in [9.17, 15) is 9.59 Å². The number of aromatic nitrogens is 1. The number of amides is 2. The summed E-state index contributed by atoms with van der Waals surface area (Å²) in [6, 6.07) is 8.93. The molecule has 1 aromatic heterocycles. The van der Waals surface area contributed by atoms with E-state index in [0.29, 0.717) is 18.7 Å². The van der Waals surface area contributed by atoms with Crippen molar-refractivity contribution in [3.8, 4) is 0 Å². The topological polar surface area (TPSA) is 87.5 Å². The van der Waals surface area contributed by atoms with Crippen LogP contribution in [-0.2, 0) is 4.79 Å². The molecule has 0 spiro atoms. The Hall–Kier alpha value is -2.83. The van der Waals surface area contributed by atoms with Crippen LogP contribution >= 0.6 is 0 Å². The van der Waals surface area contributed by atoms with E-state index < -0.39 is 0 Å². The lowest BCUT2D eigenvalue weighted by atomic mass is 10.1. The number of carbonyl (C=O) groups is 2. The van der Waals surface area contributed by atoms with Gasteiger partial charge in [-0.1, -0.05) is 17.3 Å². The standard InChI is InChI=1S/C16H16N4O3/c1-9-6-12(19-23-9)15(21)17-10-7-14-16(22)18-11-4-2-3-5-13(11)20(14)8-10/h2-6,10,14H,7-8H2,1H3,(H,17,21)(H,18,22)/t10-,14-/m0/s1. The number of rotatable bonds is 2. The van der Waals surface area contributed by atoms with Gasteiger partial charge in [0.15, 0.2) is 5.69 Å². The fourth-order valence-corrected chi connectivity index (χ4v) is 3.23. The molecule has 2 amide bonds. The van der Waals surface area contributed by atoms with Crippen molar-refractivity contribution < 1.29 is 14.1 Å². The number of hydrogen-bond acceptors (Lipinski definition) is 5. The number of aryl methyl sites for hydroxylation is 1. The molecule has 0 unspecified atom stereocenters. The molecule has 1 aromatic carbocycles. The molecule has 0 radical (unpaired) electrons. The number of para-hydroxylation sites is 2. The van der Waals surface area contributed by atoms with Crippen LogP contribution in [0.4, 0.5) is 11.4 Å². The van der Waals surface area contributed by atoms with Crippen LogP contribution in [0.1, 0.15) is 22.7 Å². The smallest absolute Gasteiger partial charge is 0.273 e. The van der Waals surface area contributed by atoms with Crippen molar-refractivity contribution in [2.75, 3.05) is 16.8 Å². The lowest BCUT2D eigenvalue weighted by Gasteiger charge is -2.32. The van der Waals surface area contributed by atoms with Crippen molar-refractivity contribution in [3.05, 3.63) is 41.8 Å². The highest BCUT2D eigenvalue weighted by Gasteiger charge is 2.41. The second kappa shape index (κ2) is 5.12. The zero-order valence-corrected chi connectivity index (χ0v) is 12.6. The number of benzene rings is 1. The van der Waals surface area contributed by atoms with Crippen molar-refractivity contribution in [2.24, 2.45) is 0 Å². The highest BCUT2D eigenvalue weighted by Crippen LogP contribution is 2.36. The molecule has 2 aliphatic heterocycles. The molecule has 7 heteroatoms. The van der Waals surface area contributed by atoms with Crippen molar-refractivity contribution in [1.29, 1.82) is 0 Å². The van der Waals surface area contributed by atoms with Gasteiger partial charge in [-0.05, 0) is 25.5 Å². The molecule has 0 aliphatic carbocycles. The molecule has 0 saturated carbocycles. The summed E-state index contributed by atoms with van der Waals surface area (Å²) in [5.41, 5.74) is 2.07. The Kier molecular flexibility index (Phi) is 3.07. The lowest BCUT2D eigenvalue weighted by molar-refractivity contribution is -0.117. The maximum atomic E-state index is 12.3. The first-order valence-corrected chi connectivity index (χ1v) is 7.52. The molecule has 2 N–H and O–H groups in total. The Morgan fingerprint density at radius 1 is 1.43 bits per heavy atom. The minimum absolute atomic E-state index is 0.0299. The number of nitrogens with one attached hydrogen (secondary N) is 2. The van der Waals surface area contributed by atoms with E-state index in [1.165, 1.54) is 0 Å². The summed E-state index contributed by atoms with van der Waals surface area (Å²) in [4.78, 5) is 26.5. The van der Waals surface area contributed by atoms with Gasteiger partial charge in [0.05, 0.1) is 11.4 Å². The minimum Gasteiger partial charge on any atom is -0.361 e. The minimum atomic E-state index is -0.277. The van der Waals surface area contributed by atoms with Gasteiger partial charge in [0.1, 0.15) is 11.8 Å². The summed E-state index contributed by atoms with van der Waals surface area (Å²) in [6.07, 6.45) is 0.572. The highest BCUT2D eigenvalue weighted by atomic mass is 16.5. The van der Waals surface area contributed by atoms with Crippen LogP contribution in [0.15, 0.2) is 34.9 Å². The van der Waals surface area contributed by atoms with Gasteiger partial charge in [-0.3, -0.25) is 9.59 Å². The van der Waals surface area contributed by atoms with Gasteiger partial charge >= 0.3 is 0 Å². The summed E-state index contributed by atoms with van der Waals surface area (Å²) in [7, 11) is 0. The van der Waals surface area contributed by atoms with Gasteiger partial charge in [0, 0.05) is 18.7 Å². The predicted octanol–water partition coefficient (Wildman–Crippen LogP) is 1.31. The first-order valence-electron chi connectivity index (χ1n) is 7.52. The molecule has 4 rings (SSSR count). The Balaban J connectivity index is 1.52. The number of anilines is 2. The molecule has 1 saturated heterocycles. The first-order chi connectivity index (χ1) is 11.1. The van der Waals surface area contributed by atoms with E-state index >= 15 is 0 Å². The molecular weight excluding hydrogens is 296 g/mol. The third kappa shape index (κ3) is 2.34. The summed E-state index contributed by atoms with van der Waals surface area (Å²) >= 11 is 0. The van der Waals surface area contributed by atoms with Gasteiger partial charge in [-0.25, -0.2) is 0 Å². The fraction of sp³-hybridized carbons (Fsp3) is 0.312.